The molecule has 59 heteroatoms. The summed E-state index contributed by atoms with van der Waals surface area (Å²) >= 11 is 0. The van der Waals surface area contributed by atoms with Crippen LogP contribution >= 0.6 is 0 Å². The molecular formula is C29HF57O2. The molecule has 0 radical (unpaired) electrons. The van der Waals surface area contributed by atoms with E-state index in [1.165, 1.54) is 0 Å². The van der Waals surface area contributed by atoms with Gasteiger partial charge in [0.05, 0.1) is 0 Å². The Kier molecular flexibility index (Phi) is 18.7. The van der Waals surface area contributed by atoms with Crippen LogP contribution in [0, 0.1) is 0 Å². The smallest absolute Gasteiger partial charge is 0.460 e. The highest BCUT2D eigenvalue weighted by Crippen LogP contribution is 2.74. The van der Waals surface area contributed by atoms with Gasteiger partial charge in [-0.1, -0.05) is 0 Å². The Hall–Kier alpha value is -4.52. The maximum absolute atomic E-state index is 15.4. The van der Waals surface area contributed by atoms with Crippen molar-refractivity contribution in [2.45, 2.75) is 166 Å². The first-order valence-electron chi connectivity index (χ1n) is 18.2. The Labute approximate surface area is 433 Å². The summed E-state index contributed by atoms with van der Waals surface area (Å²) in [4.78, 5) is 10.7. The minimum absolute atomic E-state index is 6.42. The molecule has 0 aliphatic carbocycles. The van der Waals surface area contributed by atoms with Crippen molar-refractivity contribution < 1.29 is 260 Å². The van der Waals surface area contributed by atoms with Gasteiger partial charge in [-0.05, 0) is 0 Å². The largest absolute Gasteiger partial charge is 0.477 e. The minimum atomic E-state index is -11.6. The Balaban J connectivity index is 8.93. The zero-order valence-corrected chi connectivity index (χ0v) is 36.9. The van der Waals surface area contributed by atoms with Gasteiger partial charge in [0.25, 0.3) is 0 Å². The Bertz CT molecular complexity index is 2400. The fraction of sp³-hybridized carbons (Fsp3) is 0.966. The number of rotatable bonds is 26. The second-order valence-corrected chi connectivity index (χ2v) is 16.3. The molecule has 0 aliphatic rings. The molecule has 0 aromatic carbocycles. The molecule has 0 unspecified atom stereocenters. The van der Waals surface area contributed by atoms with E-state index in [0.29, 0.717) is 0 Å². The molecular weight excluding hydrogens is 1460 g/mol. The summed E-state index contributed by atoms with van der Waals surface area (Å²) in [5, 5.41) is 8.00. The van der Waals surface area contributed by atoms with Gasteiger partial charge >= 0.3 is 172 Å². The third-order valence-corrected chi connectivity index (χ3v) is 11.0. The molecule has 0 bridgehead atoms. The van der Waals surface area contributed by atoms with Crippen LogP contribution in [-0.2, 0) is 4.79 Å². The maximum atomic E-state index is 15.4. The van der Waals surface area contributed by atoms with E-state index < -0.39 is 172 Å². The molecule has 0 fully saturated rings. The zero-order chi connectivity index (χ0) is 73.6. The van der Waals surface area contributed by atoms with Crippen LogP contribution in [0.1, 0.15) is 0 Å². The molecule has 0 spiro atoms. The van der Waals surface area contributed by atoms with Crippen molar-refractivity contribution >= 4 is 5.97 Å². The second-order valence-electron chi connectivity index (χ2n) is 16.3. The van der Waals surface area contributed by atoms with Crippen LogP contribution in [0.4, 0.5) is 250 Å². The van der Waals surface area contributed by atoms with E-state index in [4.69, 9.17) is 5.11 Å². The summed E-state index contributed by atoms with van der Waals surface area (Å²) in [6.45, 7) is 0. The van der Waals surface area contributed by atoms with Crippen molar-refractivity contribution in [2.75, 3.05) is 0 Å². The molecule has 0 amide bonds. The van der Waals surface area contributed by atoms with E-state index in [1.807, 2.05) is 0 Å². The van der Waals surface area contributed by atoms with Gasteiger partial charge in [0.2, 0.25) is 0 Å². The summed E-state index contributed by atoms with van der Waals surface area (Å²) < 4.78 is 791. The summed E-state index contributed by atoms with van der Waals surface area (Å²) in [6, 6.07) is 0. The van der Waals surface area contributed by atoms with Crippen molar-refractivity contribution in [1.82, 2.24) is 0 Å². The molecule has 0 rings (SSSR count). The number of carboxylic acids is 1. The third-order valence-electron chi connectivity index (χ3n) is 11.0. The Morgan fingerprint density at radius 3 is 0.307 bits per heavy atom. The molecule has 0 saturated carbocycles. The molecule has 0 aromatic heterocycles. The molecule has 0 aromatic rings. The number of hydrogen-bond acceptors (Lipinski definition) is 1. The third kappa shape index (κ3) is 8.83. The Morgan fingerprint density at radius 1 is 0.148 bits per heavy atom. The molecule has 2 nitrogen and oxygen atoms in total. The molecule has 88 heavy (non-hydrogen) atoms. The number of hydrogen-bond donors (Lipinski definition) is 1. The Morgan fingerprint density at radius 2 is 0.227 bits per heavy atom. The van der Waals surface area contributed by atoms with Crippen LogP contribution in [0.25, 0.3) is 0 Å². The van der Waals surface area contributed by atoms with Crippen molar-refractivity contribution in [3.05, 3.63) is 0 Å². The maximum Gasteiger partial charge on any atom is 0.460 e. The van der Waals surface area contributed by atoms with Gasteiger partial charge < -0.3 is 5.11 Å². The van der Waals surface area contributed by atoms with Crippen molar-refractivity contribution in [2.24, 2.45) is 0 Å². The molecule has 1 N–H and O–H groups in total. The lowest BCUT2D eigenvalue weighted by atomic mass is 9.73. The lowest BCUT2D eigenvalue weighted by Crippen LogP contribution is -2.84. The predicted octanol–water partition coefficient (Wildman–Crippen LogP) is 17.8. The van der Waals surface area contributed by atoms with Crippen LogP contribution < -0.4 is 0 Å². The minimum Gasteiger partial charge on any atom is -0.477 e. The quantitative estimate of drug-likeness (QED) is 0.0877. The molecule has 0 aliphatic heterocycles. The molecule has 0 saturated heterocycles. The van der Waals surface area contributed by atoms with Crippen LogP contribution in [0.3, 0.4) is 0 Å². The number of halogens is 57. The monoisotopic (exact) mass is 1460 g/mol. The van der Waals surface area contributed by atoms with Crippen molar-refractivity contribution in [1.29, 1.82) is 0 Å². The highest BCUT2D eigenvalue weighted by molar-refractivity contribution is 5.78. The van der Waals surface area contributed by atoms with Gasteiger partial charge in [-0.2, -0.15) is 246 Å². The summed E-state index contributed by atoms with van der Waals surface area (Å²) in [5.74, 6) is -275. The first kappa shape index (κ1) is 83.5. The van der Waals surface area contributed by atoms with E-state index in [-0.39, 0.29) is 0 Å². The van der Waals surface area contributed by atoms with E-state index in [2.05, 4.69) is 0 Å². The average molecular weight is 1460 g/mol. The summed E-state index contributed by atoms with van der Waals surface area (Å²) in [6.07, 6.45) is -17.5. The fourth-order valence-electron chi connectivity index (χ4n) is 5.47. The molecule has 528 valence electrons. The zero-order valence-electron chi connectivity index (χ0n) is 36.9. The molecule has 0 atom stereocenters. The highest BCUT2D eigenvalue weighted by Gasteiger charge is 3.07. The number of alkyl halides is 57. The van der Waals surface area contributed by atoms with Gasteiger partial charge in [0.1, 0.15) is 0 Å². The van der Waals surface area contributed by atoms with E-state index in [9.17, 15) is 251 Å². The SMILES string of the molecule is O=C(O)C(F)(F)C(F)(C(F)(F)C(F)(F)C(F)(F)C(F)(F)C(F)(F)C(F)(F)C(F)(F)C(F)(F)C(F)(F)C(F)(F)C(F)(F)C(F)(F)C(F)(F)F)C(F)(F)C(F)(F)C(F)(F)C(F)(F)C(F)(F)C(F)(F)C(F)(F)C(F)(F)C(F)(F)C(F)(F)C(F)(F)C(F)(F)C(F)(F)F. The van der Waals surface area contributed by atoms with E-state index in [1.54, 1.807) is 0 Å². The lowest BCUT2D eigenvalue weighted by Gasteiger charge is -2.50. The van der Waals surface area contributed by atoms with Gasteiger partial charge in [-0.25, -0.2) is 9.18 Å². The summed E-state index contributed by atoms with van der Waals surface area (Å²) in [5.41, 5.74) is -11.6. The summed E-state index contributed by atoms with van der Waals surface area (Å²) in [7, 11) is 0. The predicted molar refractivity (Wildman–Crippen MR) is 147 cm³/mol. The van der Waals surface area contributed by atoms with Crippen LogP contribution in [0.15, 0.2) is 0 Å². The number of carboxylic acid groups (broad SMARTS) is 1. The van der Waals surface area contributed by atoms with Crippen LogP contribution in [-0.4, -0.2) is 177 Å². The van der Waals surface area contributed by atoms with Crippen LogP contribution in [0.5, 0.6) is 0 Å². The topological polar surface area (TPSA) is 37.3 Å². The van der Waals surface area contributed by atoms with Crippen molar-refractivity contribution in [3.8, 4) is 0 Å². The standard InChI is InChI=1S/C29HF57O2/c30-2(31,1(87)88)3(32,4(33,34)6(37,38)8(41,42)10(45,46)12(49,50)14(53,54)16(57,58)18(61,62)20(65,66)22(69,70)24(73,74)26(77,78)28(81,82)83)5(35,36)7(39,40)9(43,44)11(47,48)13(51,52)15(55,56)17(59,60)19(63,64)21(67,68)23(71,72)25(75,76)27(79,80)29(84,85)86/h(H,87,88). The first-order valence-corrected chi connectivity index (χ1v) is 18.2. The molecule has 0 heterocycles. The van der Waals surface area contributed by atoms with Crippen molar-refractivity contribution in [3.63, 3.8) is 0 Å². The fourth-order valence-corrected chi connectivity index (χ4v) is 5.47. The second kappa shape index (κ2) is 19.8. The van der Waals surface area contributed by atoms with Crippen LogP contribution in [0.2, 0.25) is 0 Å². The van der Waals surface area contributed by atoms with Gasteiger partial charge in [-0.3, -0.25) is 0 Å². The van der Waals surface area contributed by atoms with Gasteiger partial charge in [0.15, 0.2) is 0 Å². The van der Waals surface area contributed by atoms with Gasteiger partial charge in [0, 0.05) is 0 Å². The normalized spacial score (nSPS) is 17.5. The highest BCUT2D eigenvalue weighted by atomic mass is 19.5. The number of aliphatic carboxylic acids is 1. The van der Waals surface area contributed by atoms with Gasteiger partial charge in [-0.15, -0.1) is 0 Å². The average Bonchev–Trinajstić information content (AvgIpc) is 3.28. The van der Waals surface area contributed by atoms with E-state index >= 15 is 4.39 Å². The first-order chi connectivity index (χ1) is 36.7. The van der Waals surface area contributed by atoms with E-state index in [0.717, 1.165) is 0 Å². The lowest BCUT2D eigenvalue weighted by molar-refractivity contribution is -0.499. The number of carbonyl (C=O) groups is 1.